The van der Waals surface area contributed by atoms with Gasteiger partial charge in [0.05, 0.1) is 9.80 Å². The molecule has 1 fully saturated rings. The summed E-state index contributed by atoms with van der Waals surface area (Å²) >= 11 is 0.929. The summed E-state index contributed by atoms with van der Waals surface area (Å²) in [6, 6.07) is 3.08. The zero-order chi connectivity index (χ0) is 14.0. The van der Waals surface area contributed by atoms with Gasteiger partial charge in [0.25, 0.3) is 5.91 Å². The van der Waals surface area contributed by atoms with E-state index in [9.17, 15) is 14.9 Å². The lowest BCUT2D eigenvalue weighted by atomic mass is 9.78. The Morgan fingerprint density at radius 3 is 2.79 bits per heavy atom. The molecular formula is C13H18N2O3S. The molecule has 0 bridgehead atoms. The SMILES string of the molecule is CC1CCCC(NC(=O)c2ccc([N+](=O)[O-])s2)C1C. The maximum atomic E-state index is 12.1. The second-order valence-corrected chi connectivity index (χ2v) is 6.30. The molecule has 0 aromatic carbocycles. The molecule has 0 saturated heterocycles. The van der Waals surface area contributed by atoms with Crippen LogP contribution in [0, 0.1) is 22.0 Å². The fourth-order valence-corrected chi connectivity index (χ4v) is 3.30. The lowest BCUT2D eigenvalue weighted by Gasteiger charge is -2.34. The van der Waals surface area contributed by atoms with Gasteiger partial charge in [-0.25, -0.2) is 0 Å². The highest BCUT2D eigenvalue weighted by Crippen LogP contribution is 2.30. The number of nitrogens with one attached hydrogen (secondary N) is 1. The maximum absolute atomic E-state index is 12.1. The van der Waals surface area contributed by atoms with Crippen LogP contribution in [0.2, 0.25) is 0 Å². The van der Waals surface area contributed by atoms with E-state index in [2.05, 4.69) is 19.2 Å². The van der Waals surface area contributed by atoms with Crippen LogP contribution in [0.25, 0.3) is 0 Å². The third kappa shape index (κ3) is 3.12. The summed E-state index contributed by atoms with van der Waals surface area (Å²) in [4.78, 5) is 22.6. The molecule has 1 aliphatic carbocycles. The molecular weight excluding hydrogens is 264 g/mol. The average Bonchev–Trinajstić information content (AvgIpc) is 2.84. The quantitative estimate of drug-likeness (QED) is 0.683. The maximum Gasteiger partial charge on any atom is 0.324 e. The Balaban J connectivity index is 2.01. The molecule has 1 saturated carbocycles. The molecule has 0 radical (unpaired) electrons. The number of carbonyl (C=O) groups is 1. The van der Waals surface area contributed by atoms with Gasteiger partial charge < -0.3 is 5.32 Å². The molecule has 1 heterocycles. The van der Waals surface area contributed by atoms with Gasteiger partial charge in [0.2, 0.25) is 0 Å². The van der Waals surface area contributed by atoms with Crippen molar-refractivity contribution in [3.05, 3.63) is 27.1 Å². The van der Waals surface area contributed by atoms with E-state index in [0.29, 0.717) is 16.7 Å². The highest BCUT2D eigenvalue weighted by atomic mass is 32.1. The Morgan fingerprint density at radius 1 is 1.42 bits per heavy atom. The number of carbonyl (C=O) groups excluding carboxylic acids is 1. The lowest BCUT2D eigenvalue weighted by Crippen LogP contribution is -2.43. The van der Waals surface area contributed by atoms with Crippen molar-refractivity contribution in [2.75, 3.05) is 0 Å². The van der Waals surface area contributed by atoms with E-state index in [1.54, 1.807) is 0 Å². The first-order chi connectivity index (χ1) is 8.99. The van der Waals surface area contributed by atoms with Crippen molar-refractivity contribution in [1.29, 1.82) is 0 Å². The Hall–Kier alpha value is -1.43. The molecule has 2 rings (SSSR count). The number of hydrogen-bond acceptors (Lipinski definition) is 4. The van der Waals surface area contributed by atoms with Gasteiger partial charge in [-0.2, -0.15) is 0 Å². The molecule has 104 valence electrons. The van der Waals surface area contributed by atoms with Gasteiger partial charge in [-0.3, -0.25) is 14.9 Å². The molecule has 6 heteroatoms. The minimum atomic E-state index is -0.466. The summed E-state index contributed by atoms with van der Waals surface area (Å²) in [7, 11) is 0. The van der Waals surface area contributed by atoms with Crippen molar-refractivity contribution >= 4 is 22.2 Å². The normalized spacial score (nSPS) is 26.9. The predicted molar refractivity (Wildman–Crippen MR) is 74.4 cm³/mol. The molecule has 1 aromatic rings. The zero-order valence-corrected chi connectivity index (χ0v) is 11.9. The average molecular weight is 282 g/mol. The third-order valence-corrected chi connectivity index (χ3v) is 5.05. The second-order valence-electron chi connectivity index (χ2n) is 5.24. The number of rotatable bonds is 3. The molecule has 5 nitrogen and oxygen atoms in total. The standard InChI is InChI=1S/C13H18N2O3S/c1-8-4-3-5-10(9(8)2)14-13(16)11-6-7-12(19-11)15(17)18/h6-10H,3-5H2,1-2H3,(H,14,16). The zero-order valence-electron chi connectivity index (χ0n) is 11.1. The van der Waals surface area contributed by atoms with Crippen LogP contribution in [-0.4, -0.2) is 16.9 Å². The molecule has 0 spiro atoms. The van der Waals surface area contributed by atoms with Gasteiger partial charge in [-0.1, -0.05) is 38.0 Å². The third-order valence-electron chi connectivity index (χ3n) is 4.02. The largest absolute Gasteiger partial charge is 0.348 e. The van der Waals surface area contributed by atoms with E-state index in [-0.39, 0.29) is 17.0 Å². The van der Waals surface area contributed by atoms with Crippen molar-refractivity contribution in [1.82, 2.24) is 5.32 Å². The first kappa shape index (κ1) is 14.0. The minimum absolute atomic E-state index is 0.00945. The molecule has 3 unspecified atom stereocenters. The van der Waals surface area contributed by atoms with Crippen molar-refractivity contribution in [3.8, 4) is 0 Å². The number of nitrogens with zero attached hydrogens (tertiary/aromatic N) is 1. The van der Waals surface area contributed by atoms with Crippen molar-refractivity contribution in [2.45, 2.75) is 39.2 Å². The van der Waals surface area contributed by atoms with E-state index < -0.39 is 4.92 Å². The van der Waals surface area contributed by atoms with Gasteiger partial charge in [-0.15, -0.1) is 0 Å². The van der Waals surface area contributed by atoms with Crippen LogP contribution >= 0.6 is 11.3 Å². The van der Waals surface area contributed by atoms with Gasteiger partial charge in [0, 0.05) is 12.1 Å². The summed E-state index contributed by atoms with van der Waals surface area (Å²) in [5.74, 6) is 0.869. The summed E-state index contributed by atoms with van der Waals surface area (Å²) in [6.45, 7) is 4.37. The van der Waals surface area contributed by atoms with Gasteiger partial charge in [-0.05, 0) is 24.3 Å². The fraction of sp³-hybridized carbons (Fsp3) is 0.615. The van der Waals surface area contributed by atoms with Gasteiger partial charge in [0.15, 0.2) is 0 Å². The van der Waals surface area contributed by atoms with E-state index in [1.807, 2.05) is 0 Å². The molecule has 1 aliphatic rings. The fourth-order valence-electron chi connectivity index (χ4n) is 2.57. The highest BCUT2D eigenvalue weighted by Gasteiger charge is 2.29. The molecule has 0 aliphatic heterocycles. The molecule has 1 amide bonds. The number of thiophene rings is 1. The Labute approximate surface area is 116 Å². The summed E-state index contributed by atoms with van der Waals surface area (Å²) in [6.07, 6.45) is 3.32. The van der Waals surface area contributed by atoms with E-state index >= 15 is 0 Å². The van der Waals surface area contributed by atoms with E-state index in [0.717, 1.165) is 24.2 Å². The second kappa shape index (κ2) is 5.69. The van der Waals surface area contributed by atoms with Crippen LogP contribution in [0.1, 0.15) is 42.8 Å². The van der Waals surface area contributed by atoms with Crippen LogP contribution in [0.4, 0.5) is 5.00 Å². The van der Waals surface area contributed by atoms with Gasteiger partial charge >= 0.3 is 5.00 Å². The Kier molecular flexibility index (Phi) is 4.19. The van der Waals surface area contributed by atoms with Crippen molar-refractivity contribution in [3.63, 3.8) is 0 Å². The van der Waals surface area contributed by atoms with Crippen LogP contribution in [0.3, 0.4) is 0 Å². The summed E-state index contributed by atoms with van der Waals surface area (Å²) in [5.41, 5.74) is 0. The summed E-state index contributed by atoms with van der Waals surface area (Å²) < 4.78 is 0. The summed E-state index contributed by atoms with van der Waals surface area (Å²) in [5, 5.41) is 13.6. The molecule has 1 N–H and O–H groups in total. The van der Waals surface area contributed by atoms with Crippen LogP contribution in [-0.2, 0) is 0 Å². The molecule has 19 heavy (non-hydrogen) atoms. The Bertz CT molecular complexity index is 486. The van der Waals surface area contributed by atoms with Crippen LogP contribution < -0.4 is 5.32 Å². The van der Waals surface area contributed by atoms with Crippen LogP contribution in [0.15, 0.2) is 12.1 Å². The predicted octanol–water partition coefficient (Wildman–Crippen LogP) is 3.21. The highest BCUT2D eigenvalue weighted by molar-refractivity contribution is 7.17. The number of amides is 1. The lowest BCUT2D eigenvalue weighted by molar-refractivity contribution is -0.380. The van der Waals surface area contributed by atoms with Crippen LogP contribution in [0.5, 0.6) is 0 Å². The minimum Gasteiger partial charge on any atom is -0.348 e. The number of hydrogen-bond donors (Lipinski definition) is 1. The molecule has 1 aromatic heterocycles. The molecule has 3 atom stereocenters. The smallest absolute Gasteiger partial charge is 0.324 e. The van der Waals surface area contributed by atoms with Gasteiger partial charge in [0.1, 0.15) is 0 Å². The number of nitro groups is 1. The van der Waals surface area contributed by atoms with Crippen molar-refractivity contribution < 1.29 is 9.72 Å². The topological polar surface area (TPSA) is 72.2 Å². The van der Waals surface area contributed by atoms with Crippen molar-refractivity contribution in [2.24, 2.45) is 11.8 Å². The van der Waals surface area contributed by atoms with E-state index in [4.69, 9.17) is 0 Å². The first-order valence-corrected chi connectivity index (χ1v) is 7.35. The monoisotopic (exact) mass is 282 g/mol. The Morgan fingerprint density at radius 2 is 2.16 bits per heavy atom. The van der Waals surface area contributed by atoms with E-state index in [1.165, 1.54) is 18.6 Å². The first-order valence-electron chi connectivity index (χ1n) is 6.54.